The van der Waals surface area contributed by atoms with Crippen molar-refractivity contribution in [2.75, 3.05) is 17.2 Å². The quantitative estimate of drug-likeness (QED) is 0.124. The Morgan fingerprint density at radius 1 is 0.698 bits per heavy atom. The van der Waals surface area contributed by atoms with Crippen molar-refractivity contribution in [2.24, 2.45) is 0 Å². The Bertz CT molecular complexity index is 1790. The Hall–Kier alpha value is -5.52. The molecule has 0 aliphatic carbocycles. The van der Waals surface area contributed by atoms with Gasteiger partial charge in [-0.3, -0.25) is 10.6 Å². The number of carbonyl (C=O) groups excluding carboxylic acids is 2. The minimum Gasteiger partial charge on any atom is -0.494 e. The number of amides is 2. The fourth-order valence-electron chi connectivity index (χ4n) is 5.43. The Balaban J connectivity index is 1.59. The summed E-state index contributed by atoms with van der Waals surface area (Å²) in [5.41, 5.74) is 3.63. The molecule has 0 aliphatic rings. The summed E-state index contributed by atoms with van der Waals surface area (Å²) in [6.07, 6.45) is -6.09. The summed E-state index contributed by atoms with van der Waals surface area (Å²) in [5, 5.41) is 15.3. The molecule has 9 nitrogen and oxygen atoms in total. The number of hydrogen-bond acceptors (Lipinski definition) is 6. The zero-order chi connectivity index (χ0) is 39.0. The van der Waals surface area contributed by atoms with Crippen molar-refractivity contribution in [1.82, 2.24) is 0 Å². The summed E-state index contributed by atoms with van der Waals surface area (Å²) in [7, 11) is 0. The topological polar surface area (TPSA) is 123 Å². The van der Waals surface area contributed by atoms with Crippen molar-refractivity contribution in [2.45, 2.75) is 84.1 Å². The molecule has 0 radical (unpaired) electrons. The molecule has 0 fully saturated rings. The molecule has 0 atom stereocenters. The molecule has 0 saturated heterocycles. The molecule has 0 unspecified atom stereocenters. The highest BCUT2D eigenvalue weighted by Crippen LogP contribution is 2.33. The molecular formula is C41H45F3N2O7. The Kier molecular flexibility index (Phi) is 12.8. The van der Waals surface area contributed by atoms with E-state index in [-0.39, 0.29) is 30.3 Å². The van der Waals surface area contributed by atoms with Crippen LogP contribution in [0.2, 0.25) is 0 Å². The predicted molar refractivity (Wildman–Crippen MR) is 198 cm³/mol. The number of ether oxygens (including phenoxy) is 3. The zero-order valence-electron chi connectivity index (χ0n) is 30.6. The van der Waals surface area contributed by atoms with Gasteiger partial charge in [0.15, 0.2) is 0 Å². The van der Waals surface area contributed by atoms with Crippen molar-refractivity contribution >= 4 is 29.5 Å². The van der Waals surface area contributed by atoms with Crippen molar-refractivity contribution in [3.63, 3.8) is 0 Å². The van der Waals surface area contributed by atoms with Gasteiger partial charge < -0.3 is 19.3 Å². The van der Waals surface area contributed by atoms with Crippen LogP contribution in [0.5, 0.6) is 5.75 Å². The van der Waals surface area contributed by atoms with E-state index in [0.717, 1.165) is 16.7 Å². The molecule has 3 N–H and O–H groups in total. The van der Waals surface area contributed by atoms with Gasteiger partial charge in [-0.1, -0.05) is 48.5 Å². The molecule has 53 heavy (non-hydrogen) atoms. The number of carbonyl (C=O) groups is 3. The number of aromatic carboxylic acids is 1. The third-order valence-corrected chi connectivity index (χ3v) is 7.72. The summed E-state index contributed by atoms with van der Waals surface area (Å²) < 4.78 is 53.9. The SMILES string of the molecule is CC(C)(C)OC(=O)Nc1ccc(C(Cc2ccc(-c3cc(OCCCC(F)(F)F)ccc3C(=O)O)cc2)c2ccc(NC(=O)OC(C)(C)C)cc2)cc1. The molecule has 0 aromatic heterocycles. The third-order valence-electron chi connectivity index (χ3n) is 7.72. The van der Waals surface area contributed by atoms with Crippen LogP contribution in [0.25, 0.3) is 11.1 Å². The van der Waals surface area contributed by atoms with Crippen LogP contribution in [-0.4, -0.2) is 47.2 Å². The van der Waals surface area contributed by atoms with Gasteiger partial charge in [0, 0.05) is 23.7 Å². The van der Waals surface area contributed by atoms with Gasteiger partial charge in [-0.25, -0.2) is 14.4 Å². The van der Waals surface area contributed by atoms with E-state index in [2.05, 4.69) is 10.6 Å². The third kappa shape index (κ3) is 13.2. The van der Waals surface area contributed by atoms with Crippen LogP contribution in [0, 0.1) is 0 Å². The largest absolute Gasteiger partial charge is 0.494 e. The Morgan fingerprint density at radius 2 is 1.19 bits per heavy atom. The predicted octanol–water partition coefficient (Wildman–Crippen LogP) is 10.8. The van der Waals surface area contributed by atoms with Crippen LogP contribution < -0.4 is 15.4 Å². The van der Waals surface area contributed by atoms with Gasteiger partial charge in [0.05, 0.1) is 12.2 Å². The van der Waals surface area contributed by atoms with E-state index in [0.29, 0.717) is 28.9 Å². The minimum atomic E-state index is -4.28. The van der Waals surface area contributed by atoms with Crippen LogP contribution in [0.1, 0.15) is 87.4 Å². The molecule has 4 aromatic rings. The first kappa shape index (κ1) is 40.3. The zero-order valence-corrected chi connectivity index (χ0v) is 30.6. The average molecular weight is 735 g/mol. The molecule has 4 rings (SSSR count). The van der Waals surface area contributed by atoms with Gasteiger partial charge in [-0.2, -0.15) is 13.2 Å². The summed E-state index contributed by atoms with van der Waals surface area (Å²) in [6, 6.07) is 26.5. The van der Waals surface area contributed by atoms with Crippen LogP contribution in [0.4, 0.5) is 34.1 Å². The van der Waals surface area contributed by atoms with Crippen LogP contribution in [0.3, 0.4) is 0 Å². The lowest BCUT2D eigenvalue weighted by Gasteiger charge is -2.21. The number of hydrogen-bond donors (Lipinski definition) is 3. The summed E-state index contributed by atoms with van der Waals surface area (Å²) in [4.78, 5) is 36.8. The normalized spacial score (nSPS) is 11.9. The highest BCUT2D eigenvalue weighted by Gasteiger charge is 2.26. The molecule has 2 amide bonds. The number of nitrogens with one attached hydrogen (secondary N) is 2. The highest BCUT2D eigenvalue weighted by molar-refractivity contribution is 5.96. The van der Waals surface area contributed by atoms with Gasteiger partial charge in [0.2, 0.25) is 0 Å². The van der Waals surface area contributed by atoms with Crippen molar-refractivity contribution < 1.29 is 46.9 Å². The molecule has 0 bridgehead atoms. The first-order valence-corrected chi connectivity index (χ1v) is 17.1. The molecule has 12 heteroatoms. The molecular weight excluding hydrogens is 689 g/mol. The van der Waals surface area contributed by atoms with Gasteiger partial charge in [-0.05, 0) is 125 Å². The number of carboxylic acid groups (broad SMARTS) is 1. The van der Waals surface area contributed by atoms with Gasteiger partial charge in [-0.15, -0.1) is 0 Å². The molecule has 0 heterocycles. The minimum absolute atomic E-state index is 0.0263. The Morgan fingerprint density at radius 3 is 1.62 bits per heavy atom. The van der Waals surface area contributed by atoms with E-state index in [1.165, 1.54) is 18.2 Å². The second-order valence-electron chi connectivity index (χ2n) is 14.5. The van der Waals surface area contributed by atoms with Gasteiger partial charge in [0.25, 0.3) is 0 Å². The van der Waals surface area contributed by atoms with Crippen molar-refractivity contribution in [3.05, 3.63) is 113 Å². The number of anilines is 2. The summed E-state index contributed by atoms with van der Waals surface area (Å²) >= 11 is 0. The number of alkyl halides is 3. The van der Waals surface area contributed by atoms with E-state index in [1.54, 1.807) is 77.9 Å². The molecule has 282 valence electrons. The molecule has 0 spiro atoms. The lowest BCUT2D eigenvalue weighted by Crippen LogP contribution is -2.27. The number of benzene rings is 4. The number of halogens is 3. The van der Waals surface area contributed by atoms with Crippen molar-refractivity contribution in [3.8, 4) is 16.9 Å². The lowest BCUT2D eigenvalue weighted by atomic mass is 9.85. The second-order valence-corrected chi connectivity index (χ2v) is 14.5. The second kappa shape index (κ2) is 16.9. The number of rotatable bonds is 12. The van der Waals surface area contributed by atoms with Crippen LogP contribution >= 0.6 is 0 Å². The van der Waals surface area contributed by atoms with Gasteiger partial charge in [0.1, 0.15) is 17.0 Å². The number of carboxylic acids is 1. The molecule has 0 aliphatic heterocycles. The van der Waals surface area contributed by atoms with Gasteiger partial charge >= 0.3 is 24.3 Å². The highest BCUT2D eigenvalue weighted by atomic mass is 19.4. The van der Waals surface area contributed by atoms with E-state index < -0.39 is 42.0 Å². The fourth-order valence-corrected chi connectivity index (χ4v) is 5.43. The van der Waals surface area contributed by atoms with E-state index in [9.17, 15) is 32.7 Å². The fraction of sp³-hybridized carbons (Fsp3) is 0.341. The first-order chi connectivity index (χ1) is 24.7. The molecule has 0 saturated carbocycles. The smallest absolute Gasteiger partial charge is 0.412 e. The maximum absolute atomic E-state index is 12.6. The summed E-state index contributed by atoms with van der Waals surface area (Å²) in [6.45, 7) is 10.5. The lowest BCUT2D eigenvalue weighted by molar-refractivity contribution is -0.136. The van der Waals surface area contributed by atoms with Crippen LogP contribution in [0.15, 0.2) is 91.0 Å². The summed E-state index contributed by atoms with van der Waals surface area (Å²) in [5.74, 6) is -1.05. The standard InChI is InChI=1S/C41H45F3N2O7/c1-39(2,3)52-37(49)45-30-16-12-27(13-17-30)34(28-14-18-31(19-15-28)46-38(50)53-40(4,5)6)24-26-8-10-29(11-9-26)35-25-32(20-21-33(35)36(47)48)51-23-7-22-41(42,43)44/h8-21,25,34H,7,22-24H2,1-6H3,(H,45,49)(H,46,50)(H,47,48). The first-order valence-electron chi connectivity index (χ1n) is 17.1. The Labute approximate surface area is 307 Å². The van der Waals surface area contributed by atoms with E-state index in [1.807, 2.05) is 36.4 Å². The maximum atomic E-state index is 12.6. The van der Waals surface area contributed by atoms with Crippen molar-refractivity contribution in [1.29, 1.82) is 0 Å². The maximum Gasteiger partial charge on any atom is 0.412 e. The average Bonchev–Trinajstić information content (AvgIpc) is 3.04. The van der Waals surface area contributed by atoms with Crippen LogP contribution in [-0.2, 0) is 15.9 Å². The van der Waals surface area contributed by atoms with E-state index in [4.69, 9.17) is 14.2 Å². The monoisotopic (exact) mass is 734 g/mol. The van der Waals surface area contributed by atoms with E-state index >= 15 is 0 Å². The molecule has 4 aromatic carbocycles.